The molecular formula is C50H64BrFN4O5Si. The summed E-state index contributed by atoms with van der Waals surface area (Å²) >= 11 is 3.46. The molecular weight excluding hydrogens is 864 g/mol. The molecule has 2 atom stereocenters. The summed E-state index contributed by atoms with van der Waals surface area (Å²) in [6.07, 6.45) is 7.62. The van der Waals surface area contributed by atoms with Gasteiger partial charge < -0.3 is 23.9 Å². The monoisotopic (exact) mass is 926 g/mol. The van der Waals surface area contributed by atoms with E-state index in [1.54, 1.807) is 10.6 Å². The molecule has 5 aromatic rings. The molecule has 1 N–H and O–H groups in total. The number of ether oxygens (including phenoxy) is 2. The summed E-state index contributed by atoms with van der Waals surface area (Å²) < 4.78 is 36.4. The zero-order valence-corrected chi connectivity index (χ0v) is 40.5. The molecule has 6 rings (SSSR count). The molecule has 62 heavy (non-hydrogen) atoms. The molecule has 0 radical (unpaired) electrons. The number of carboxylic acid groups (broad SMARTS) is 1. The second kappa shape index (κ2) is 19.7. The van der Waals surface area contributed by atoms with Gasteiger partial charge in [0, 0.05) is 42.0 Å². The van der Waals surface area contributed by atoms with Gasteiger partial charge in [-0.25, -0.2) is 14.2 Å². The minimum absolute atomic E-state index is 0.0714. The lowest BCUT2D eigenvalue weighted by Gasteiger charge is -2.44. The van der Waals surface area contributed by atoms with Crippen LogP contribution in [0.1, 0.15) is 116 Å². The molecule has 1 fully saturated rings. The van der Waals surface area contributed by atoms with E-state index in [1.165, 1.54) is 22.5 Å². The summed E-state index contributed by atoms with van der Waals surface area (Å²) in [5.41, 5.74) is 2.24. The van der Waals surface area contributed by atoms with E-state index in [2.05, 4.69) is 116 Å². The van der Waals surface area contributed by atoms with E-state index in [-0.39, 0.29) is 22.6 Å². The van der Waals surface area contributed by atoms with Gasteiger partial charge in [0.1, 0.15) is 11.6 Å². The van der Waals surface area contributed by atoms with E-state index < -0.39 is 26.0 Å². The van der Waals surface area contributed by atoms with Gasteiger partial charge in [0.15, 0.2) is 11.8 Å². The number of aliphatic carboxylic acids is 1. The van der Waals surface area contributed by atoms with Crippen molar-refractivity contribution < 1.29 is 28.2 Å². The number of rotatable bonds is 17. The number of aryl methyl sites for hydroxylation is 1. The van der Waals surface area contributed by atoms with Gasteiger partial charge >= 0.3 is 5.97 Å². The minimum atomic E-state index is -2.63. The van der Waals surface area contributed by atoms with E-state index in [0.717, 1.165) is 37.7 Å². The molecule has 0 aliphatic carbocycles. The molecule has 12 heteroatoms. The fourth-order valence-electron chi connectivity index (χ4n) is 8.65. The fourth-order valence-corrected chi connectivity index (χ4v) is 13.9. The minimum Gasteiger partial charge on any atom is -0.479 e. The van der Waals surface area contributed by atoms with Gasteiger partial charge in [-0.15, -0.1) is 0 Å². The smallest absolute Gasteiger partial charge is 0.337 e. The Balaban J connectivity index is 1.14. The number of allylic oxidation sites excluding steroid dienone is 1. The average Bonchev–Trinajstić information content (AvgIpc) is 3.61. The molecule has 1 aliphatic rings. The largest absolute Gasteiger partial charge is 0.479 e. The third-order valence-corrected chi connectivity index (χ3v) is 17.7. The average molecular weight is 928 g/mol. The number of hydrogen-bond donors (Lipinski definition) is 1. The van der Waals surface area contributed by atoms with Crippen LogP contribution in [-0.2, 0) is 25.1 Å². The third kappa shape index (κ3) is 11.1. The number of piperidine rings is 1. The van der Waals surface area contributed by atoms with Crippen molar-refractivity contribution in [1.29, 1.82) is 0 Å². The number of benzene rings is 3. The van der Waals surface area contributed by atoms with E-state index >= 15 is 0 Å². The van der Waals surface area contributed by atoms with Crippen LogP contribution in [0.3, 0.4) is 0 Å². The van der Waals surface area contributed by atoms with Crippen LogP contribution in [0.15, 0.2) is 95.5 Å². The van der Waals surface area contributed by atoms with Crippen molar-refractivity contribution in [2.75, 3.05) is 24.6 Å². The summed E-state index contributed by atoms with van der Waals surface area (Å²) in [7, 11) is -2.63. The lowest BCUT2D eigenvalue weighted by atomic mass is 9.92. The molecule has 0 spiro atoms. The van der Waals surface area contributed by atoms with Crippen molar-refractivity contribution in [1.82, 2.24) is 14.6 Å². The van der Waals surface area contributed by atoms with E-state index in [9.17, 15) is 14.3 Å². The van der Waals surface area contributed by atoms with Crippen LogP contribution < -0.4 is 15.3 Å². The number of halogens is 2. The number of carbonyl (C=O) groups is 1. The number of hydrogen-bond acceptors (Lipinski definition) is 7. The van der Waals surface area contributed by atoms with Crippen LogP contribution in [0.5, 0.6) is 0 Å². The zero-order valence-electron chi connectivity index (χ0n) is 37.9. The van der Waals surface area contributed by atoms with Crippen LogP contribution in [0.25, 0.3) is 11.7 Å². The van der Waals surface area contributed by atoms with Crippen molar-refractivity contribution in [3.05, 3.63) is 124 Å². The maximum absolute atomic E-state index is 13.7. The van der Waals surface area contributed by atoms with Crippen LogP contribution >= 0.6 is 15.9 Å². The molecule has 9 nitrogen and oxygen atoms in total. The maximum atomic E-state index is 13.7. The molecule has 1 saturated heterocycles. The summed E-state index contributed by atoms with van der Waals surface area (Å²) in [6.45, 7) is 20.7. The lowest BCUT2D eigenvalue weighted by Crippen LogP contribution is -2.67. The highest BCUT2D eigenvalue weighted by Crippen LogP contribution is 2.40. The van der Waals surface area contributed by atoms with Crippen molar-refractivity contribution in [2.45, 2.75) is 129 Å². The first kappa shape index (κ1) is 47.3. The van der Waals surface area contributed by atoms with Gasteiger partial charge in [-0.1, -0.05) is 110 Å². The number of aromatic nitrogens is 3. The molecule has 3 heterocycles. The fraction of sp³-hybridized carbons (Fsp3) is 0.460. The van der Waals surface area contributed by atoms with Gasteiger partial charge in [0.25, 0.3) is 8.32 Å². The van der Waals surface area contributed by atoms with Crippen molar-refractivity contribution in [2.24, 2.45) is 0 Å². The standard InChI is InChI=1S/C50H64BrFN4O5Si/c1-35(61-62(49(6,7)8,40-22-12-10-13-23-40)41-24-14-11-15-25-41)19-16-17-32-59-50(9)28-30-55(31-29-50)46-44(45(47(57)58)60-48(3,4)5)36(2)53-43-34-39(54-56(43)46)21-18-20-37-26-27-38(52)33-42(37)51/h10-15,18,21-27,33-35,45H,16-17,19-20,28-32H2,1-9H3,(H,57,58). The molecule has 2 unspecified atom stereocenters. The topological polar surface area (TPSA) is 98.4 Å². The summed E-state index contributed by atoms with van der Waals surface area (Å²) in [4.78, 5) is 20.0. The van der Waals surface area contributed by atoms with Crippen molar-refractivity contribution in [3.63, 3.8) is 0 Å². The highest BCUT2D eigenvalue weighted by Gasteiger charge is 2.51. The van der Waals surface area contributed by atoms with Crippen LogP contribution in [0.2, 0.25) is 5.04 Å². The summed E-state index contributed by atoms with van der Waals surface area (Å²) in [5, 5.41) is 18.0. The molecule has 1 aliphatic heterocycles. The number of carboxylic acids is 1. The Hall–Kier alpha value is -4.20. The van der Waals surface area contributed by atoms with Gasteiger partial charge in [-0.3, -0.25) is 0 Å². The van der Waals surface area contributed by atoms with E-state index in [0.29, 0.717) is 59.0 Å². The van der Waals surface area contributed by atoms with E-state index in [4.69, 9.17) is 24.0 Å². The predicted molar refractivity (Wildman–Crippen MR) is 254 cm³/mol. The Morgan fingerprint density at radius 2 is 1.60 bits per heavy atom. The molecule has 0 bridgehead atoms. The molecule has 3 aromatic carbocycles. The number of nitrogens with zero attached hydrogens (tertiary/aromatic N) is 4. The maximum Gasteiger partial charge on any atom is 0.337 e. The van der Waals surface area contributed by atoms with Crippen LogP contribution in [-0.4, -0.2) is 71.0 Å². The Morgan fingerprint density at radius 3 is 2.16 bits per heavy atom. The Kier molecular flexibility index (Phi) is 15.0. The normalized spacial score (nSPS) is 16.0. The highest BCUT2D eigenvalue weighted by atomic mass is 79.9. The zero-order chi connectivity index (χ0) is 44.9. The molecule has 2 aromatic heterocycles. The lowest BCUT2D eigenvalue weighted by molar-refractivity contribution is -0.160. The van der Waals surface area contributed by atoms with Crippen LogP contribution in [0.4, 0.5) is 10.2 Å². The number of anilines is 1. The second-order valence-corrected chi connectivity index (χ2v) is 24.0. The molecule has 0 amide bonds. The third-order valence-electron chi connectivity index (χ3n) is 11.8. The van der Waals surface area contributed by atoms with Crippen molar-refractivity contribution >= 4 is 58.1 Å². The SMILES string of the molecule is Cc1nc2cc(C=CCc3ccc(F)cc3Br)nn2c(N2CCC(C)(OCCCCC(C)O[Si](c3ccccc3)(c3ccccc3)C(C)(C)C)CC2)c1C(OC(C)(C)C)C(=O)O. The Morgan fingerprint density at radius 1 is 0.968 bits per heavy atom. The number of fused-ring (bicyclic) bond motifs is 1. The van der Waals surface area contributed by atoms with Crippen LogP contribution in [0, 0.1) is 12.7 Å². The number of unbranched alkanes of at least 4 members (excludes halogenated alkanes) is 1. The van der Waals surface area contributed by atoms with Gasteiger partial charge in [0.05, 0.1) is 22.5 Å². The Labute approximate surface area is 377 Å². The first-order chi connectivity index (χ1) is 29.3. The molecule has 0 saturated carbocycles. The quantitative estimate of drug-likeness (QED) is 0.0727. The van der Waals surface area contributed by atoms with Gasteiger partial charge in [-0.2, -0.15) is 9.61 Å². The van der Waals surface area contributed by atoms with Crippen molar-refractivity contribution in [3.8, 4) is 0 Å². The van der Waals surface area contributed by atoms with Gasteiger partial charge in [0.2, 0.25) is 0 Å². The molecule has 332 valence electrons. The summed E-state index contributed by atoms with van der Waals surface area (Å²) in [5.74, 6) is -0.714. The highest BCUT2D eigenvalue weighted by molar-refractivity contribution is 9.10. The van der Waals surface area contributed by atoms with Gasteiger partial charge in [-0.05, 0) is 119 Å². The second-order valence-electron chi connectivity index (χ2n) is 18.9. The first-order valence-corrected chi connectivity index (χ1v) is 24.6. The predicted octanol–water partition coefficient (Wildman–Crippen LogP) is 10.6. The first-order valence-electron chi connectivity index (χ1n) is 21.9. The Bertz CT molecular complexity index is 2280. The summed E-state index contributed by atoms with van der Waals surface area (Å²) in [6, 6.07) is 28.2. The van der Waals surface area contributed by atoms with E-state index in [1.807, 2.05) is 45.9 Å².